The number of benzene rings is 2. The number of rotatable bonds is 2. The van der Waals surface area contributed by atoms with Crippen molar-refractivity contribution in [1.82, 2.24) is 0 Å². The van der Waals surface area contributed by atoms with Crippen molar-refractivity contribution in [1.29, 1.82) is 0 Å². The van der Waals surface area contributed by atoms with Crippen molar-refractivity contribution in [2.24, 2.45) is 0 Å². The molecule has 3 nitrogen and oxygen atoms in total. The van der Waals surface area contributed by atoms with Crippen LogP contribution in [0.3, 0.4) is 0 Å². The molecule has 122 valence electrons. The predicted molar refractivity (Wildman–Crippen MR) is 99.7 cm³/mol. The molecule has 0 unspecified atom stereocenters. The average molecular weight is 302 g/mol. The summed E-state index contributed by atoms with van der Waals surface area (Å²) in [5.74, 6) is 0. The van der Waals surface area contributed by atoms with Gasteiger partial charge >= 0.3 is 0 Å². The normalized spacial score (nSPS) is 7.91. The molecule has 0 fully saturated rings. The highest BCUT2D eigenvalue weighted by Gasteiger charge is 1.85. The van der Waals surface area contributed by atoms with E-state index in [-0.39, 0.29) is 0 Å². The molecule has 3 heteroatoms. The molecule has 3 N–H and O–H groups in total. The molecule has 0 aromatic heterocycles. The summed E-state index contributed by atoms with van der Waals surface area (Å²) in [5, 5.41) is 3.05. The minimum Gasteiger partial charge on any atom is -0.399 e. The predicted octanol–water partition coefficient (Wildman–Crippen LogP) is 5.17. The lowest BCUT2D eigenvalue weighted by Gasteiger charge is -1.97. The van der Waals surface area contributed by atoms with Crippen LogP contribution in [0.15, 0.2) is 48.5 Å². The Morgan fingerprint density at radius 1 is 0.864 bits per heavy atom. The maximum atomic E-state index is 10.1. The third kappa shape index (κ3) is 10.5. The molecule has 22 heavy (non-hydrogen) atoms. The van der Waals surface area contributed by atoms with Gasteiger partial charge in [-0.15, -0.1) is 0 Å². The molecule has 0 bridgehead atoms. The number of carbonyl (C=O) groups excluding carboxylic acids is 1. The van der Waals surface area contributed by atoms with Crippen molar-refractivity contribution in [2.75, 3.05) is 18.1 Å². The largest absolute Gasteiger partial charge is 0.399 e. The molecule has 0 saturated heterocycles. The van der Waals surface area contributed by atoms with Gasteiger partial charge < -0.3 is 11.1 Å². The highest BCUT2D eigenvalue weighted by molar-refractivity contribution is 5.75. The minimum absolute atomic E-state index is 0.657. The summed E-state index contributed by atoms with van der Waals surface area (Å²) in [4.78, 5) is 10.1. The molecule has 0 saturated carbocycles. The van der Waals surface area contributed by atoms with E-state index in [1.54, 1.807) is 24.3 Å². The Morgan fingerprint density at radius 2 is 1.32 bits per heavy atom. The van der Waals surface area contributed by atoms with Crippen LogP contribution >= 0.6 is 0 Å². The Bertz CT molecular complexity index is 476. The van der Waals surface area contributed by atoms with Gasteiger partial charge in [0.15, 0.2) is 0 Å². The van der Waals surface area contributed by atoms with Crippen LogP contribution in [-0.4, -0.2) is 13.3 Å². The van der Waals surface area contributed by atoms with Gasteiger partial charge in [-0.3, -0.25) is 4.79 Å². The molecule has 0 aliphatic rings. The zero-order chi connectivity index (χ0) is 17.4. The average Bonchev–Trinajstić information content (AvgIpc) is 2.60. The Kier molecular flexibility index (Phi) is 15.1. The van der Waals surface area contributed by atoms with Crippen LogP contribution in [-0.2, 0) is 0 Å². The number of aryl methyl sites for hydroxylation is 1. The number of nitrogens with two attached hydrogens (primary N) is 1. The summed E-state index contributed by atoms with van der Waals surface area (Å²) in [6.07, 6.45) is 0.791. The van der Waals surface area contributed by atoms with Gasteiger partial charge in [0.2, 0.25) is 0 Å². The van der Waals surface area contributed by atoms with Crippen LogP contribution < -0.4 is 11.1 Å². The minimum atomic E-state index is 0.657. The second kappa shape index (κ2) is 15.1. The van der Waals surface area contributed by atoms with E-state index in [0.29, 0.717) is 11.3 Å². The molecule has 2 aromatic rings. The summed E-state index contributed by atoms with van der Waals surface area (Å²) in [7, 11) is 1.92. The fourth-order valence-electron chi connectivity index (χ4n) is 1.29. The molecule has 0 aliphatic heterocycles. The van der Waals surface area contributed by atoms with Crippen LogP contribution in [0.5, 0.6) is 0 Å². The topological polar surface area (TPSA) is 55.1 Å². The monoisotopic (exact) mass is 302 g/mol. The lowest BCUT2D eigenvalue weighted by Crippen LogP contribution is -1.85. The van der Waals surface area contributed by atoms with E-state index in [1.807, 2.05) is 34.7 Å². The molecule has 2 aromatic carbocycles. The zero-order valence-electron chi connectivity index (χ0n) is 14.7. The fourth-order valence-corrected chi connectivity index (χ4v) is 1.29. The molecule has 0 radical (unpaired) electrons. The summed E-state index contributed by atoms with van der Waals surface area (Å²) in [6.45, 7) is 10.1. The first-order valence-corrected chi connectivity index (χ1v) is 7.71. The van der Waals surface area contributed by atoms with Gasteiger partial charge in [-0.1, -0.05) is 45.4 Å². The lowest BCUT2D eigenvalue weighted by molar-refractivity contribution is 0.112. The van der Waals surface area contributed by atoms with E-state index in [0.717, 1.165) is 6.29 Å². The molecule has 0 aliphatic carbocycles. The fraction of sp³-hybridized carbons (Fsp3) is 0.316. The van der Waals surface area contributed by atoms with E-state index in [1.165, 1.54) is 11.3 Å². The zero-order valence-corrected chi connectivity index (χ0v) is 14.7. The van der Waals surface area contributed by atoms with Crippen LogP contribution in [0.4, 0.5) is 11.4 Å². The van der Waals surface area contributed by atoms with Crippen LogP contribution in [0.2, 0.25) is 0 Å². The highest BCUT2D eigenvalue weighted by Crippen LogP contribution is 2.06. The first-order chi connectivity index (χ1) is 10.7. The van der Waals surface area contributed by atoms with Gasteiger partial charge in [-0.2, -0.15) is 0 Å². The van der Waals surface area contributed by atoms with Crippen molar-refractivity contribution in [2.45, 2.75) is 34.6 Å². The van der Waals surface area contributed by atoms with E-state index in [2.05, 4.69) is 36.5 Å². The maximum Gasteiger partial charge on any atom is 0.150 e. The summed E-state index contributed by atoms with van der Waals surface area (Å²) < 4.78 is 0. The number of hydrogen-bond donors (Lipinski definition) is 2. The van der Waals surface area contributed by atoms with E-state index < -0.39 is 0 Å². The number of anilines is 2. The maximum absolute atomic E-state index is 10.1. The van der Waals surface area contributed by atoms with Crippen LogP contribution in [0.1, 0.15) is 43.6 Å². The van der Waals surface area contributed by atoms with Gasteiger partial charge in [0.05, 0.1) is 0 Å². The van der Waals surface area contributed by atoms with Gasteiger partial charge in [0.25, 0.3) is 0 Å². The number of carbonyl (C=O) groups is 1. The molecule has 0 spiro atoms. The van der Waals surface area contributed by atoms with Crippen LogP contribution in [0, 0.1) is 6.92 Å². The Balaban J connectivity index is 0. The molecule has 0 atom stereocenters. The molecule has 2 rings (SSSR count). The second-order valence-electron chi connectivity index (χ2n) is 3.90. The summed E-state index contributed by atoms with van der Waals surface area (Å²) >= 11 is 0. The van der Waals surface area contributed by atoms with Gasteiger partial charge in [0, 0.05) is 24.0 Å². The van der Waals surface area contributed by atoms with Crippen molar-refractivity contribution in [3.05, 3.63) is 59.7 Å². The van der Waals surface area contributed by atoms with Gasteiger partial charge in [-0.25, -0.2) is 0 Å². The molecule has 0 amide bonds. The van der Waals surface area contributed by atoms with E-state index in [4.69, 9.17) is 5.73 Å². The number of nitrogens with one attached hydrogen (secondary N) is 1. The quantitative estimate of drug-likeness (QED) is 0.594. The van der Waals surface area contributed by atoms with Gasteiger partial charge in [-0.05, 0) is 43.3 Å². The smallest absolute Gasteiger partial charge is 0.150 e. The highest BCUT2D eigenvalue weighted by atomic mass is 16.1. The standard InChI is InChI=1S/C8H11N.C7H7NO.2C2H6/c1-7-3-5-8(9-2)6-4-7;8-7-3-1-6(5-9)2-4-7;2*1-2/h3-6,9H,1-2H3;1-5H,8H2;2*1-2H3. The first-order valence-electron chi connectivity index (χ1n) is 7.71. The van der Waals surface area contributed by atoms with Crippen molar-refractivity contribution in [3.63, 3.8) is 0 Å². The molecule has 0 heterocycles. The Hall–Kier alpha value is -2.29. The van der Waals surface area contributed by atoms with Crippen molar-refractivity contribution in [3.8, 4) is 0 Å². The Labute approximate surface area is 135 Å². The third-order valence-corrected chi connectivity index (χ3v) is 2.41. The van der Waals surface area contributed by atoms with E-state index >= 15 is 0 Å². The summed E-state index contributed by atoms with van der Waals surface area (Å²) in [6, 6.07) is 15.1. The molecular weight excluding hydrogens is 272 g/mol. The SMILES string of the molecule is CC.CC.CNc1ccc(C)cc1.Nc1ccc(C=O)cc1. The summed E-state index contributed by atoms with van der Waals surface area (Å²) in [5.41, 5.74) is 9.17. The number of hydrogen-bond acceptors (Lipinski definition) is 3. The van der Waals surface area contributed by atoms with Gasteiger partial charge in [0.1, 0.15) is 6.29 Å². The van der Waals surface area contributed by atoms with Crippen molar-refractivity contribution >= 4 is 17.7 Å². The van der Waals surface area contributed by atoms with Crippen molar-refractivity contribution < 1.29 is 4.79 Å². The first kappa shape index (κ1) is 22.0. The second-order valence-corrected chi connectivity index (χ2v) is 3.90. The lowest BCUT2D eigenvalue weighted by atomic mass is 10.2. The van der Waals surface area contributed by atoms with Crippen LogP contribution in [0.25, 0.3) is 0 Å². The third-order valence-electron chi connectivity index (χ3n) is 2.41. The molecular formula is C19H30N2O. The van der Waals surface area contributed by atoms with E-state index in [9.17, 15) is 4.79 Å². The number of nitrogen functional groups attached to an aromatic ring is 1. The Morgan fingerprint density at radius 3 is 1.68 bits per heavy atom. The number of aldehydes is 1.